The minimum atomic E-state index is -0.919. The Labute approximate surface area is 99.9 Å². The third-order valence-electron chi connectivity index (χ3n) is 2.97. The SMILES string of the molecule is CCC(O)C(O)CC(C)c1cccc(F)c1F. The van der Waals surface area contributed by atoms with Gasteiger partial charge in [0.25, 0.3) is 0 Å². The summed E-state index contributed by atoms with van der Waals surface area (Å²) in [5.74, 6) is -2.11. The van der Waals surface area contributed by atoms with Crippen molar-refractivity contribution < 1.29 is 19.0 Å². The predicted molar refractivity (Wildman–Crippen MR) is 61.7 cm³/mol. The lowest BCUT2D eigenvalue weighted by Crippen LogP contribution is -2.26. The Bertz CT molecular complexity index is 368. The predicted octanol–water partition coefficient (Wildman–Crippen LogP) is 2.59. The van der Waals surface area contributed by atoms with Gasteiger partial charge in [-0.15, -0.1) is 0 Å². The van der Waals surface area contributed by atoms with Crippen molar-refractivity contribution in [2.45, 2.75) is 44.8 Å². The van der Waals surface area contributed by atoms with E-state index in [1.165, 1.54) is 12.1 Å². The maximum absolute atomic E-state index is 13.5. The number of aliphatic hydroxyl groups excluding tert-OH is 2. The smallest absolute Gasteiger partial charge is 0.162 e. The van der Waals surface area contributed by atoms with Crippen molar-refractivity contribution in [1.29, 1.82) is 0 Å². The highest BCUT2D eigenvalue weighted by atomic mass is 19.2. The highest BCUT2D eigenvalue weighted by Crippen LogP contribution is 2.25. The molecule has 0 aromatic heterocycles. The lowest BCUT2D eigenvalue weighted by atomic mass is 9.92. The van der Waals surface area contributed by atoms with E-state index in [1.807, 2.05) is 0 Å². The van der Waals surface area contributed by atoms with E-state index in [0.717, 1.165) is 6.07 Å². The molecule has 3 unspecified atom stereocenters. The second kappa shape index (κ2) is 6.07. The number of aliphatic hydroxyl groups is 2. The molecule has 96 valence electrons. The largest absolute Gasteiger partial charge is 0.390 e. The lowest BCUT2D eigenvalue weighted by molar-refractivity contribution is 0.00935. The van der Waals surface area contributed by atoms with Crippen LogP contribution < -0.4 is 0 Å². The Morgan fingerprint density at radius 1 is 1.18 bits per heavy atom. The van der Waals surface area contributed by atoms with E-state index in [2.05, 4.69) is 0 Å². The molecule has 2 N–H and O–H groups in total. The first-order valence-electron chi connectivity index (χ1n) is 5.77. The second-order valence-corrected chi connectivity index (χ2v) is 4.32. The summed E-state index contributed by atoms with van der Waals surface area (Å²) in [4.78, 5) is 0. The summed E-state index contributed by atoms with van der Waals surface area (Å²) in [5.41, 5.74) is 0.229. The van der Waals surface area contributed by atoms with Crippen LogP contribution in [0.4, 0.5) is 8.78 Å². The number of hydrogen-bond acceptors (Lipinski definition) is 2. The van der Waals surface area contributed by atoms with Crippen LogP contribution in [0.5, 0.6) is 0 Å². The fraction of sp³-hybridized carbons (Fsp3) is 0.538. The van der Waals surface area contributed by atoms with Gasteiger partial charge < -0.3 is 10.2 Å². The summed E-state index contributed by atoms with van der Waals surface area (Å²) < 4.78 is 26.5. The van der Waals surface area contributed by atoms with Crippen LogP contribution in [-0.2, 0) is 0 Å². The van der Waals surface area contributed by atoms with Crippen LogP contribution in [0.25, 0.3) is 0 Å². The van der Waals surface area contributed by atoms with E-state index >= 15 is 0 Å². The van der Waals surface area contributed by atoms with Crippen LogP contribution in [0, 0.1) is 11.6 Å². The molecular weight excluding hydrogens is 226 g/mol. The molecule has 1 aromatic carbocycles. The molecule has 0 spiro atoms. The Morgan fingerprint density at radius 2 is 1.82 bits per heavy atom. The first-order chi connectivity index (χ1) is 7.97. The molecule has 0 bridgehead atoms. The van der Waals surface area contributed by atoms with Gasteiger partial charge in [-0.2, -0.15) is 0 Å². The molecule has 0 aliphatic heterocycles. The maximum Gasteiger partial charge on any atom is 0.162 e. The highest BCUT2D eigenvalue weighted by molar-refractivity contribution is 5.22. The van der Waals surface area contributed by atoms with E-state index < -0.39 is 23.8 Å². The zero-order valence-electron chi connectivity index (χ0n) is 10.0. The van der Waals surface area contributed by atoms with Crippen molar-refractivity contribution in [1.82, 2.24) is 0 Å². The Balaban J connectivity index is 2.76. The van der Waals surface area contributed by atoms with Gasteiger partial charge in [-0.1, -0.05) is 26.0 Å². The molecule has 0 fully saturated rings. The van der Waals surface area contributed by atoms with E-state index in [9.17, 15) is 19.0 Å². The van der Waals surface area contributed by atoms with Gasteiger partial charge in [0.1, 0.15) is 0 Å². The Morgan fingerprint density at radius 3 is 2.41 bits per heavy atom. The molecular formula is C13H18F2O2. The zero-order chi connectivity index (χ0) is 13.0. The Hall–Kier alpha value is -1.00. The van der Waals surface area contributed by atoms with Crippen LogP contribution in [0.2, 0.25) is 0 Å². The van der Waals surface area contributed by atoms with Gasteiger partial charge in [-0.25, -0.2) is 8.78 Å². The lowest BCUT2D eigenvalue weighted by Gasteiger charge is -2.20. The fourth-order valence-corrected chi connectivity index (χ4v) is 1.82. The molecule has 0 saturated heterocycles. The molecule has 1 aromatic rings. The van der Waals surface area contributed by atoms with Gasteiger partial charge in [0.15, 0.2) is 11.6 Å². The van der Waals surface area contributed by atoms with Crippen LogP contribution >= 0.6 is 0 Å². The fourth-order valence-electron chi connectivity index (χ4n) is 1.82. The minimum absolute atomic E-state index is 0.204. The van der Waals surface area contributed by atoms with Gasteiger partial charge in [0.2, 0.25) is 0 Å². The van der Waals surface area contributed by atoms with Crippen molar-refractivity contribution in [2.24, 2.45) is 0 Å². The quantitative estimate of drug-likeness (QED) is 0.835. The minimum Gasteiger partial charge on any atom is -0.390 e. The van der Waals surface area contributed by atoms with Crippen molar-refractivity contribution in [3.63, 3.8) is 0 Å². The number of benzene rings is 1. The first-order valence-corrected chi connectivity index (χ1v) is 5.77. The van der Waals surface area contributed by atoms with Crippen molar-refractivity contribution in [3.8, 4) is 0 Å². The summed E-state index contributed by atoms with van der Waals surface area (Å²) in [6.45, 7) is 3.45. The molecule has 3 atom stereocenters. The third kappa shape index (κ3) is 3.48. The molecule has 0 amide bonds. The second-order valence-electron chi connectivity index (χ2n) is 4.32. The van der Waals surface area contributed by atoms with Crippen LogP contribution in [0.15, 0.2) is 18.2 Å². The van der Waals surface area contributed by atoms with Crippen molar-refractivity contribution in [2.75, 3.05) is 0 Å². The Kier molecular flexibility index (Phi) is 5.02. The highest BCUT2D eigenvalue weighted by Gasteiger charge is 2.21. The average molecular weight is 244 g/mol. The average Bonchev–Trinajstić information content (AvgIpc) is 2.31. The summed E-state index contributed by atoms with van der Waals surface area (Å²) in [6, 6.07) is 3.99. The van der Waals surface area contributed by atoms with Crippen molar-refractivity contribution >= 4 is 0 Å². The summed E-state index contributed by atoms with van der Waals surface area (Å²) in [5, 5.41) is 19.1. The molecule has 17 heavy (non-hydrogen) atoms. The normalized spacial score (nSPS) is 16.6. The van der Waals surface area contributed by atoms with Gasteiger partial charge >= 0.3 is 0 Å². The van der Waals surface area contributed by atoms with Gasteiger partial charge in [0.05, 0.1) is 12.2 Å². The molecule has 1 rings (SSSR count). The number of halogens is 2. The number of hydrogen-bond donors (Lipinski definition) is 2. The summed E-state index contributed by atoms with van der Waals surface area (Å²) >= 11 is 0. The standard InChI is InChI=1S/C13H18F2O2/c1-3-11(16)12(17)7-8(2)9-5-4-6-10(14)13(9)15/h4-6,8,11-12,16-17H,3,7H2,1-2H3. The van der Waals surface area contributed by atoms with E-state index in [1.54, 1.807) is 13.8 Å². The molecule has 4 heteroatoms. The molecule has 2 nitrogen and oxygen atoms in total. The van der Waals surface area contributed by atoms with Crippen LogP contribution in [0.3, 0.4) is 0 Å². The van der Waals surface area contributed by atoms with E-state index in [0.29, 0.717) is 6.42 Å². The number of rotatable bonds is 5. The molecule has 0 radical (unpaired) electrons. The molecule has 0 heterocycles. The van der Waals surface area contributed by atoms with Crippen LogP contribution in [0.1, 0.15) is 38.2 Å². The third-order valence-corrected chi connectivity index (χ3v) is 2.97. The maximum atomic E-state index is 13.5. The first kappa shape index (κ1) is 14.1. The van der Waals surface area contributed by atoms with Crippen LogP contribution in [-0.4, -0.2) is 22.4 Å². The van der Waals surface area contributed by atoms with E-state index in [4.69, 9.17) is 0 Å². The van der Waals surface area contributed by atoms with Gasteiger partial charge in [-0.3, -0.25) is 0 Å². The van der Waals surface area contributed by atoms with Crippen molar-refractivity contribution in [3.05, 3.63) is 35.4 Å². The topological polar surface area (TPSA) is 40.5 Å². The van der Waals surface area contributed by atoms with Gasteiger partial charge in [-0.05, 0) is 30.4 Å². The summed E-state index contributed by atoms with van der Waals surface area (Å²) in [6.07, 6.45) is -1.11. The van der Waals surface area contributed by atoms with E-state index in [-0.39, 0.29) is 17.9 Å². The monoisotopic (exact) mass is 244 g/mol. The summed E-state index contributed by atoms with van der Waals surface area (Å²) in [7, 11) is 0. The molecule has 0 aliphatic rings. The van der Waals surface area contributed by atoms with Gasteiger partial charge in [0, 0.05) is 0 Å². The molecule has 0 aliphatic carbocycles. The zero-order valence-corrected chi connectivity index (χ0v) is 10.0. The molecule has 0 saturated carbocycles.